The average molecular weight is 320 g/mol. The van der Waals surface area contributed by atoms with Gasteiger partial charge in [0.05, 0.1) is 0 Å². The fourth-order valence-corrected chi connectivity index (χ4v) is 4.66. The molecule has 2 aliphatic heterocycles. The summed E-state index contributed by atoms with van der Waals surface area (Å²) in [6, 6.07) is 16.5. The van der Waals surface area contributed by atoms with E-state index >= 15 is 0 Å². The molecule has 0 aliphatic carbocycles. The summed E-state index contributed by atoms with van der Waals surface area (Å²) in [6.45, 7) is 2.31. The summed E-state index contributed by atoms with van der Waals surface area (Å²) in [5.74, 6) is 0. The molecule has 2 aliphatic rings. The monoisotopic (exact) mass is 320 g/mol. The van der Waals surface area contributed by atoms with Crippen molar-refractivity contribution < 1.29 is 4.42 Å². The van der Waals surface area contributed by atoms with Crippen LogP contribution in [0.1, 0.15) is 25.7 Å². The van der Waals surface area contributed by atoms with Crippen LogP contribution in [0.2, 0.25) is 0 Å². The van der Waals surface area contributed by atoms with Crippen molar-refractivity contribution in [2.45, 2.75) is 37.8 Å². The predicted molar refractivity (Wildman–Crippen MR) is 99.7 cm³/mol. The van der Waals surface area contributed by atoms with Crippen molar-refractivity contribution in [1.29, 1.82) is 0 Å². The summed E-state index contributed by atoms with van der Waals surface area (Å²) in [4.78, 5) is 5.23. The second-order valence-corrected chi connectivity index (χ2v) is 7.42. The third-order valence-corrected chi connectivity index (χ3v) is 6.12. The van der Waals surface area contributed by atoms with Gasteiger partial charge < -0.3 is 9.32 Å². The van der Waals surface area contributed by atoms with Crippen molar-refractivity contribution in [2.75, 3.05) is 25.0 Å². The largest absolute Gasteiger partial charge is 0.456 e. The summed E-state index contributed by atoms with van der Waals surface area (Å²) in [5.41, 5.74) is 3.32. The van der Waals surface area contributed by atoms with E-state index in [1.807, 2.05) is 6.07 Å². The molecule has 0 spiro atoms. The number of hydrogen-bond acceptors (Lipinski definition) is 3. The Morgan fingerprint density at radius 1 is 0.917 bits per heavy atom. The molecule has 124 valence electrons. The van der Waals surface area contributed by atoms with Gasteiger partial charge in [0.2, 0.25) is 0 Å². The van der Waals surface area contributed by atoms with Gasteiger partial charge in [-0.1, -0.05) is 24.6 Å². The number of hydrogen-bond donors (Lipinski definition) is 0. The summed E-state index contributed by atoms with van der Waals surface area (Å²) < 4.78 is 5.98. The van der Waals surface area contributed by atoms with Gasteiger partial charge in [-0.2, -0.15) is 0 Å². The maximum absolute atomic E-state index is 5.98. The van der Waals surface area contributed by atoms with E-state index in [2.05, 4.69) is 53.2 Å². The molecule has 2 unspecified atom stereocenters. The number of anilines is 1. The first-order chi connectivity index (χ1) is 11.8. The van der Waals surface area contributed by atoms with Crippen molar-refractivity contribution in [1.82, 2.24) is 4.90 Å². The lowest BCUT2D eigenvalue weighted by atomic mass is 9.96. The predicted octanol–water partition coefficient (Wildman–Crippen LogP) is 4.65. The zero-order valence-corrected chi connectivity index (χ0v) is 14.2. The van der Waals surface area contributed by atoms with Crippen LogP contribution in [0.4, 0.5) is 5.69 Å². The van der Waals surface area contributed by atoms with Crippen molar-refractivity contribution in [3.63, 3.8) is 0 Å². The maximum atomic E-state index is 5.98. The Morgan fingerprint density at radius 2 is 1.75 bits per heavy atom. The van der Waals surface area contributed by atoms with Crippen LogP contribution >= 0.6 is 0 Å². The smallest absolute Gasteiger partial charge is 0.135 e. The van der Waals surface area contributed by atoms with E-state index in [1.54, 1.807) is 0 Å². The molecule has 3 heteroatoms. The van der Waals surface area contributed by atoms with Crippen molar-refractivity contribution in [3.05, 3.63) is 42.5 Å². The lowest BCUT2D eigenvalue weighted by molar-refractivity contribution is 0.127. The van der Waals surface area contributed by atoms with Gasteiger partial charge in [-0.15, -0.1) is 0 Å². The highest BCUT2D eigenvalue weighted by Crippen LogP contribution is 2.34. The fourth-order valence-electron chi connectivity index (χ4n) is 4.66. The van der Waals surface area contributed by atoms with E-state index in [4.69, 9.17) is 4.42 Å². The van der Waals surface area contributed by atoms with Crippen LogP contribution in [-0.2, 0) is 0 Å². The van der Waals surface area contributed by atoms with Gasteiger partial charge in [-0.3, -0.25) is 4.90 Å². The third kappa shape index (κ3) is 2.22. The molecule has 5 rings (SSSR count). The Labute approximate surface area is 142 Å². The Hall–Kier alpha value is -2.00. The van der Waals surface area contributed by atoms with Crippen molar-refractivity contribution >= 4 is 27.6 Å². The second kappa shape index (κ2) is 5.52. The Bertz CT molecular complexity index is 884. The van der Waals surface area contributed by atoms with Crippen molar-refractivity contribution in [3.8, 4) is 0 Å². The molecule has 0 amide bonds. The summed E-state index contributed by atoms with van der Waals surface area (Å²) in [7, 11) is 2.32. The van der Waals surface area contributed by atoms with Gasteiger partial charge in [0.25, 0.3) is 0 Å². The zero-order chi connectivity index (χ0) is 16.1. The molecule has 0 saturated carbocycles. The molecule has 1 aromatic heterocycles. The van der Waals surface area contributed by atoms with Crippen molar-refractivity contribution in [2.24, 2.45) is 0 Å². The minimum atomic E-state index is 0.697. The van der Waals surface area contributed by atoms with Crippen LogP contribution in [0, 0.1) is 0 Å². The third-order valence-electron chi connectivity index (χ3n) is 6.12. The number of nitrogens with zero attached hydrogens (tertiary/aromatic N) is 2. The Kier molecular flexibility index (Phi) is 3.30. The van der Waals surface area contributed by atoms with Gasteiger partial charge in [-0.25, -0.2) is 0 Å². The number of fused-ring (bicyclic) bond motifs is 5. The van der Waals surface area contributed by atoms with Crippen LogP contribution < -0.4 is 4.90 Å². The fraction of sp³-hybridized carbons (Fsp3) is 0.429. The Balaban J connectivity index is 1.55. The van der Waals surface area contributed by atoms with Crippen LogP contribution in [0.3, 0.4) is 0 Å². The highest BCUT2D eigenvalue weighted by Gasteiger charge is 2.32. The quantitative estimate of drug-likeness (QED) is 0.651. The second-order valence-electron chi connectivity index (χ2n) is 7.42. The summed E-state index contributed by atoms with van der Waals surface area (Å²) >= 11 is 0. The van der Waals surface area contributed by atoms with E-state index in [0.29, 0.717) is 6.04 Å². The van der Waals surface area contributed by atoms with E-state index in [1.165, 1.54) is 42.1 Å². The average Bonchev–Trinajstić information content (AvgIpc) is 2.96. The lowest BCUT2D eigenvalue weighted by Crippen LogP contribution is -2.45. The molecule has 2 fully saturated rings. The number of furan rings is 1. The molecule has 0 N–H and O–H groups in total. The molecule has 2 atom stereocenters. The van der Waals surface area contributed by atoms with E-state index in [0.717, 1.165) is 30.3 Å². The molecule has 3 nitrogen and oxygen atoms in total. The topological polar surface area (TPSA) is 19.6 Å². The SMILES string of the molecule is CN1C2CCCC1CN(c1ccc3oc4ccccc4c3c1)CC2. The molecule has 0 radical (unpaired) electrons. The van der Waals surface area contributed by atoms with Gasteiger partial charge >= 0.3 is 0 Å². The zero-order valence-electron chi connectivity index (χ0n) is 14.2. The molecule has 3 heterocycles. The van der Waals surface area contributed by atoms with Crippen LogP contribution in [0.25, 0.3) is 21.9 Å². The van der Waals surface area contributed by atoms with Crippen LogP contribution in [0.5, 0.6) is 0 Å². The standard InChI is InChI=1S/C21H24N2O/c1-22-15-5-4-6-17(22)14-23(12-11-15)16-9-10-21-19(13-16)18-7-2-3-8-20(18)24-21/h2-3,7-10,13,15,17H,4-6,11-12,14H2,1H3. The van der Waals surface area contributed by atoms with Gasteiger partial charge in [0, 0.05) is 41.6 Å². The maximum Gasteiger partial charge on any atom is 0.135 e. The molecule has 2 saturated heterocycles. The minimum absolute atomic E-state index is 0.697. The summed E-state index contributed by atoms with van der Waals surface area (Å²) in [6.07, 6.45) is 5.36. The highest BCUT2D eigenvalue weighted by atomic mass is 16.3. The van der Waals surface area contributed by atoms with Crippen LogP contribution in [-0.4, -0.2) is 37.1 Å². The first-order valence-corrected chi connectivity index (χ1v) is 9.18. The normalized spacial score (nSPS) is 25.3. The number of piperidine rings is 1. The number of likely N-dealkylation sites (N-methyl/N-ethyl adjacent to an activating group) is 1. The van der Waals surface area contributed by atoms with E-state index in [-0.39, 0.29) is 0 Å². The van der Waals surface area contributed by atoms with Gasteiger partial charge in [0.1, 0.15) is 11.2 Å². The molecular weight excluding hydrogens is 296 g/mol. The van der Waals surface area contributed by atoms with Crippen LogP contribution in [0.15, 0.2) is 46.9 Å². The molecule has 24 heavy (non-hydrogen) atoms. The van der Waals surface area contributed by atoms with E-state index < -0.39 is 0 Å². The molecular formula is C21H24N2O. The first-order valence-electron chi connectivity index (χ1n) is 9.18. The Morgan fingerprint density at radius 3 is 2.71 bits per heavy atom. The number of rotatable bonds is 1. The van der Waals surface area contributed by atoms with E-state index in [9.17, 15) is 0 Å². The molecule has 2 aromatic carbocycles. The summed E-state index contributed by atoms with van der Waals surface area (Å²) in [5, 5.41) is 2.46. The van der Waals surface area contributed by atoms with Gasteiger partial charge in [0.15, 0.2) is 0 Å². The lowest BCUT2D eigenvalue weighted by Gasteiger charge is -2.37. The van der Waals surface area contributed by atoms with Gasteiger partial charge in [-0.05, 0) is 50.6 Å². The molecule has 3 aromatic rings. The number of para-hydroxylation sites is 1. The molecule has 2 bridgehead atoms. The number of benzene rings is 2. The minimum Gasteiger partial charge on any atom is -0.456 e. The highest BCUT2D eigenvalue weighted by molar-refractivity contribution is 6.05. The first kappa shape index (κ1) is 14.4.